The van der Waals surface area contributed by atoms with E-state index in [1.54, 1.807) is 0 Å². The molecular weight excluding hydrogens is 336 g/mol. The van der Waals surface area contributed by atoms with Crippen LogP contribution in [0.4, 0.5) is 0 Å². The van der Waals surface area contributed by atoms with Gasteiger partial charge in [0.2, 0.25) is 0 Å². The van der Waals surface area contributed by atoms with Crippen molar-refractivity contribution >= 4 is 10.1 Å². The molecule has 5 heteroatoms. The maximum absolute atomic E-state index is 10.6. The standard InChI is InChI=1S/C20H40O4S/c21-25(22,23)18-16-14-12-10-8-6-4-2-1-3-5-7-9-11-13-15-17-20-19-24-20/h20H,1-19H2,(H,21,22,23). The van der Waals surface area contributed by atoms with Crippen LogP contribution in [0, 0.1) is 0 Å². The van der Waals surface area contributed by atoms with E-state index in [9.17, 15) is 8.42 Å². The fraction of sp³-hybridized carbons (Fsp3) is 1.00. The maximum atomic E-state index is 10.6. The number of ether oxygens (including phenoxy) is 1. The minimum absolute atomic E-state index is 0.0809. The number of hydrogen-bond donors (Lipinski definition) is 1. The molecule has 0 aliphatic carbocycles. The zero-order valence-electron chi connectivity index (χ0n) is 16.1. The lowest BCUT2D eigenvalue weighted by Gasteiger charge is -2.03. The van der Waals surface area contributed by atoms with E-state index in [4.69, 9.17) is 9.29 Å². The van der Waals surface area contributed by atoms with Crippen molar-refractivity contribution in [3.05, 3.63) is 0 Å². The zero-order chi connectivity index (χ0) is 18.2. The quantitative estimate of drug-likeness (QED) is 0.173. The van der Waals surface area contributed by atoms with Gasteiger partial charge < -0.3 is 4.74 Å². The smallest absolute Gasteiger partial charge is 0.264 e. The third kappa shape index (κ3) is 18.5. The molecule has 1 heterocycles. The summed E-state index contributed by atoms with van der Waals surface area (Å²) in [6, 6.07) is 0. The van der Waals surface area contributed by atoms with Crippen molar-refractivity contribution in [3.8, 4) is 0 Å². The summed E-state index contributed by atoms with van der Waals surface area (Å²) in [6.45, 7) is 1.01. The predicted molar refractivity (Wildman–Crippen MR) is 105 cm³/mol. The molecule has 1 atom stereocenters. The highest BCUT2D eigenvalue weighted by molar-refractivity contribution is 7.85. The molecule has 1 unspecified atom stereocenters. The van der Waals surface area contributed by atoms with Crippen LogP contribution in [0.25, 0.3) is 0 Å². The van der Waals surface area contributed by atoms with E-state index in [2.05, 4.69) is 0 Å². The van der Waals surface area contributed by atoms with Gasteiger partial charge in [-0.2, -0.15) is 8.42 Å². The molecular formula is C20H40O4S. The largest absolute Gasteiger partial charge is 0.373 e. The Hall–Kier alpha value is -0.130. The third-order valence-electron chi connectivity index (χ3n) is 5.08. The van der Waals surface area contributed by atoms with Crippen molar-refractivity contribution in [1.82, 2.24) is 0 Å². The van der Waals surface area contributed by atoms with Crippen molar-refractivity contribution in [1.29, 1.82) is 0 Å². The van der Waals surface area contributed by atoms with Gasteiger partial charge in [0.1, 0.15) is 0 Å². The molecule has 0 amide bonds. The zero-order valence-corrected chi connectivity index (χ0v) is 16.9. The van der Waals surface area contributed by atoms with E-state index in [1.165, 1.54) is 89.9 Å². The molecule has 0 aromatic rings. The number of hydrogen-bond acceptors (Lipinski definition) is 3. The Labute approximate surface area is 155 Å². The molecule has 1 fully saturated rings. The van der Waals surface area contributed by atoms with Gasteiger partial charge in [0.15, 0.2) is 0 Å². The van der Waals surface area contributed by atoms with Gasteiger partial charge in [-0.25, -0.2) is 0 Å². The van der Waals surface area contributed by atoms with E-state index in [0.29, 0.717) is 12.5 Å². The molecule has 0 spiro atoms. The van der Waals surface area contributed by atoms with Gasteiger partial charge in [-0.05, 0) is 12.8 Å². The first-order valence-electron chi connectivity index (χ1n) is 10.6. The van der Waals surface area contributed by atoms with Crippen molar-refractivity contribution in [3.63, 3.8) is 0 Å². The molecule has 150 valence electrons. The maximum Gasteiger partial charge on any atom is 0.264 e. The highest BCUT2D eigenvalue weighted by Gasteiger charge is 2.20. The lowest BCUT2D eigenvalue weighted by atomic mass is 10.0. The van der Waals surface area contributed by atoms with Crippen LogP contribution in [0.5, 0.6) is 0 Å². The number of unbranched alkanes of at least 4 members (excludes halogenated alkanes) is 15. The van der Waals surface area contributed by atoms with Crippen molar-refractivity contribution in [2.45, 2.75) is 115 Å². The summed E-state index contributed by atoms with van der Waals surface area (Å²) >= 11 is 0. The van der Waals surface area contributed by atoms with E-state index >= 15 is 0 Å². The molecule has 1 aliphatic rings. The molecule has 0 bridgehead atoms. The highest BCUT2D eigenvalue weighted by atomic mass is 32.2. The van der Waals surface area contributed by atoms with Gasteiger partial charge in [0, 0.05) is 0 Å². The van der Waals surface area contributed by atoms with Crippen molar-refractivity contribution in [2.24, 2.45) is 0 Å². The summed E-state index contributed by atoms with van der Waals surface area (Å²) < 4.78 is 35.0. The van der Waals surface area contributed by atoms with Crippen LogP contribution in [0.15, 0.2) is 0 Å². The van der Waals surface area contributed by atoms with Crippen LogP contribution in [0.2, 0.25) is 0 Å². The molecule has 0 radical (unpaired) electrons. The topological polar surface area (TPSA) is 66.9 Å². The first kappa shape index (κ1) is 22.9. The van der Waals surface area contributed by atoms with Crippen molar-refractivity contribution in [2.75, 3.05) is 12.4 Å². The second kappa shape index (κ2) is 15.0. The van der Waals surface area contributed by atoms with E-state index < -0.39 is 10.1 Å². The average molecular weight is 377 g/mol. The van der Waals surface area contributed by atoms with Crippen LogP contribution >= 0.6 is 0 Å². The van der Waals surface area contributed by atoms with Crippen LogP contribution in [-0.2, 0) is 14.9 Å². The summed E-state index contributed by atoms with van der Waals surface area (Å²) in [4.78, 5) is 0. The molecule has 0 aromatic carbocycles. The minimum Gasteiger partial charge on any atom is -0.373 e. The molecule has 0 aromatic heterocycles. The van der Waals surface area contributed by atoms with Gasteiger partial charge in [-0.1, -0.05) is 96.3 Å². The first-order valence-corrected chi connectivity index (χ1v) is 12.3. The van der Waals surface area contributed by atoms with Crippen molar-refractivity contribution < 1.29 is 17.7 Å². The Morgan fingerprint density at radius 1 is 0.640 bits per heavy atom. The van der Waals surface area contributed by atoms with E-state index in [0.717, 1.165) is 19.4 Å². The van der Waals surface area contributed by atoms with Gasteiger partial charge in [0.25, 0.3) is 10.1 Å². The second-order valence-electron chi connectivity index (χ2n) is 7.69. The Morgan fingerprint density at radius 2 is 0.960 bits per heavy atom. The van der Waals surface area contributed by atoms with E-state index in [1.807, 2.05) is 0 Å². The monoisotopic (exact) mass is 376 g/mol. The SMILES string of the molecule is O=S(=O)(O)CCCCCCCCCCCCCCCCCCC1CO1. The lowest BCUT2D eigenvalue weighted by Crippen LogP contribution is -2.03. The fourth-order valence-electron chi connectivity index (χ4n) is 3.37. The summed E-state index contributed by atoms with van der Waals surface area (Å²) in [6.07, 6.45) is 22.1. The summed E-state index contributed by atoms with van der Waals surface area (Å²) in [5.41, 5.74) is 0. The number of rotatable bonds is 19. The lowest BCUT2D eigenvalue weighted by molar-refractivity contribution is 0.387. The predicted octanol–water partition coefficient (Wildman–Crippen LogP) is 5.90. The molecule has 1 aliphatic heterocycles. The van der Waals surface area contributed by atoms with Crippen LogP contribution < -0.4 is 0 Å². The van der Waals surface area contributed by atoms with Gasteiger partial charge in [-0.15, -0.1) is 0 Å². The van der Waals surface area contributed by atoms with Crippen LogP contribution in [0.1, 0.15) is 109 Å². The molecule has 0 saturated carbocycles. The normalized spacial score (nSPS) is 17.1. The average Bonchev–Trinajstić information content (AvgIpc) is 3.37. The molecule has 1 N–H and O–H groups in total. The van der Waals surface area contributed by atoms with Gasteiger partial charge in [-0.3, -0.25) is 4.55 Å². The van der Waals surface area contributed by atoms with Gasteiger partial charge >= 0.3 is 0 Å². The summed E-state index contributed by atoms with van der Waals surface area (Å²) in [5, 5.41) is 0. The second-order valence-corrected chi connectivity index (χ2v) is 9.26. The molecule has 1 rings (SSSR count). The first-order chi connectivity index (χ1) is 12.1. The number of epoxide rings is 1. The van der Waals surface area contributed by atoms with Crippen LogP contribution in [-0.4, -0.2) is 31.4 Å². The Morgan fingerprint density at radius 3 is 1.28 bits per heavy atom. The molecule has 25 heavy (non-hydrogen) atoms. The highest BCUT2D eigenvalue weighted by Crippen LogP contribution is 2.18. The minimum atomic E-state index is -3.75. The Bertz CT molecular complexity index is 391. The third-order valence-corrected chi connectivity index (χ3v) is 5.89. The molecule has 4 nitrogen and oxygen atoms in total. The summed E-state index contributed by atoms with van der Waals surface area (Å²) in [5.74, 6) is -0.0809. The Balaban J connectivity index is 1.63. The summed E-state index contributed by atoms with van der Waals surface area (Å²) in [7, 11) is -3.75. The Kier molecular flexibility index (Phi) is 13.7. The van der Waals surface area contributed by atoms with Gasteiger partial charge in [0.05, 0.1) is 18.5 Å². The van der Waals surface area contributed by atoms with E-state index in [-0.39, 0.29) is 5.75 Å². The fourth-order valence-corrected chi connectivity index (χ4v) is 3.93. The molecule has 1 saturated heterocycles. The van der Waals surface area contributed by atoms with Crippen LogP contribution in [0.3, 0.4) is 0 Å².